The van der Waals surface area contributed by atoms with Crippen LogP contribution in [0.5, 0.6) is 0 Å². The maximum atomic E-state index is 3.59. The maximum Gasteiger partial charge on any atom is 0.0573 e. The lowest BCUT2D eigenvalue weighted by Gasteiger charge is -1.90. The van der Waals surface area contributed by atoms with Gasteiger partial charge >= 0.3 is 0 Å². The molecule has 0 N–H and O–H groups in total. The molecule has 0 unspecified atom stereocenters. The van der Waals surface area contributed by atoms with Crippen LogP contribution in [0.25, 0.3) is 0 Å². The van der Waals surface area contributed by atoms with Crippen LogP contribution in [-0.4, -0.2) is 6.72 Å². The quantitative estimate of drug-likeness (QED) is 0.366. The van der Waals surface area contributed by atoms with Crippen molar-refractivity contribution in [2.24, 2.45) is 4.99 Å². The summed E-state index contributed by atoms with van der Waals surface area (Å²) in [6.45, 7) is 12.3. The van der Waals surface area contributed by atoms with Gasteiger partial charge in [-0.1, -0.05) is 13.2 Å². The van der Waals surface area contributed by atoms with Gasteiger partial charge in [-0.3, -0.25) is 4.99 Å². The van der Waals surface area contributed by atoms with Crippen LogP contribution in [0.4, 0.5) is 0 Å². The first-order chi connectivity index (χ1) is 3.18. The molecule has 1 nitrogen and oxygen atoms in total. The van der Waals surface area contributed by atoms with Gasteiger partial charge in [-0.2, -0.15) is 0 Å². The molecule has 0 aliphatic carbocycles. The fourth-order valence-electron chi connectivity index (χ4n) is 0.135. The topological polar surface area (TPSA) is 12.4 Å². The molecule has 7 heavy (non-hydrogen) atoms. The second-order valence-corrected chi connectivity index (χ2v) is 1.39. The normalized spacial score (nSPS) is 7.57. The Morgan fingerprint density at radius 2 is 1.86 bits per heavy atom. The summed E-state index contributed by atoms with van der Waals surface area (Å²) in [6, 6.07) is 0. The van der Waals surface area contributed by atoms with Gasteiger partial charge in [0.25, 0.3) is 0 Å². The van der Waals surface area contributed by atoms with E-state index >= 15 is 0 Å². The smallest absolute Gasteiger partial charge is 0.0573 e. The Bertz CT molecular complexity index is 111. The average Bonchev–Trinajstić information content (AvgIpc) is 1.65. The first-order valence-corrected chi connectivity index (χ1v) is 2.00. The van der Waals surface area contributed by atoms with E-state index in [1.807, 2.05) is 6.92 Å². The molecule has 0 bridgehead atoms. The molecule has 0 amide bonds. The van der Waals surface area contributed by atoms with Crippen molar-refractivity contribution >= 4 is 6.72 Å². The molecule has 0 saturated carbocycles. The second kappa shape index (κ2) is 2.35. The van der Waals surface area contributed by atoms with Crippen LogP contribution in [0.1, 0.15) is 6.92 Å². The third-order valence-electron chi connectivity index (χ3n) is 0.683. The molecular weight excluding hydrogens is 86.1 g/mol. The predicted octanol–water partition coefficient (Wildman–Crippen LogP) is 1.78. The molecule has 0 heterocycles. The second-order valence-electron chi connectivity index (χ2n) is 1.39. The molecule has 0 aromatic rings. The number of aliphatic imine (C=N–C) groups is 1. The Morgan fingerprint density at radius 1 is 1.43 bits per heavy atom. The molecule has 0 radical (unpaired) electrons. The minimum Gasteiger partial charge on any atom is -0.265 e. The van der Waals surface area contributed by atoms with Gasteiger partial charge in [-0.25, -0.2) is 0 Å². The van der Waals surface area contributed by atoms with Gasteiger partial charge in [-0.15, -0.1) is 0 Å². The third kappa shape index (κ3) is 1.93. The summed E-state index contributed by atoms with van der Waals surface area (Å²) in [5, 5.41) is 0. The van der Waals surface area contributed by atoms with Crippen molar-refractivity contribution < 1.29 is 0 Å². The zero-order valence-electron chi connectivity index (χ0n) is 4.57. The van der Waals surface area contributed by atoms with E-state index in [0.29, 0.717) is 5.70 Å². The first-order valence-electron chi connectivity index (χ1n) is 2.00. The van der Waals surface area contributed by atoms with Gasteiger partial charge in [0.15, 0.2) is 0 Å². The van der Waals surface area contributed by atoms with Crippen LogP contribution in [0.15, 0.2) is 29.4 Å². The van der Waals surface area contributed by atoms with Crippen molar-refractivity contribution in [1.82, 2.24) is 0 Å². The Kier molecular flexibility index (Phi) is 2.06. The molecule has 0 fully saturated rings. The van der Waals surface area contributed by atoms with Gasteiger partial charge < -0.3 is 0 Å². The van der Waals surface area contributed by atoms with Gasteiger partial charge in [-0.05, 0) is 19.2 Å². The number of nitrogens with zero attached hydrogens (tertiary/aromatic N) is 1. The summed E-state index contributed by atoms with van der Waals surface area (Å²) in [4.78, 5) is 3.54. The van der Waals surface area contributed by atoms with Gasteiger partial charge in [0.05, 0.1) is 5.70 Å². The standard InChI is InChI=1S/C6H9N/c1-5(2)6(3)7-4/h1,3-4H2,2H3. The van der Waals surface area contributed by atoms with Crippen LogP contribution in [0.2, 0.25) is 0 Å². The molecule has 38 valence electrons. The minimum absolute atomic E-state index is 0.667. The molecule has 0 aromatic carbocycles. The Labute approximate surface area is 44.1 Å². The van der Waals surface area contributed by atoms with Crippen LogP contribution in [-0.2, 0) is 0 Å². The summed E-state index contributed by atoms with van der Waals surface area (Å²) in [7, 11) is 0. The lowest BCUT2D eigenvalue weighted by atomic mass is 10.3. The zero-order valence-corrected chi connectivity index (χ0v) is 4.57. The number of hydrogen-bond acceptors (Lipinski definition) is 1. The summed E-state index contributed by atoms with van der Waals surface area (Å²) >= 11 is 0. The Hall–Kier alpha value is -0.850. The molecule has 0 aromatic heterocycles. The monoisotopic (exact) mass is 95.1 g/mol. The van der Waals surface area contributed by atoms with Crippen molar-refractivity contribution in [3.8, 4) is 0 Å². The van der Waals surface area contributed by atoms with E-state index < -0.39 is 0 Å². The highest BCUT2D eigenvalue weighted by Gasteiger charge is 1.82. The SMILES string of the molecule is C=NC(=C)C(=C)C. The van der Waals surface area contributed by atoms with Crippen molar-refractivity contribution in [1.29, 1.82) is 0 Å². The Morgan fingerprint density at radius 3 is 1.86 bits per heavy atom. The van der Waals surface area contributed by atoms with E-state index in [9.17, 15) is 0 Å². The zero-order chi connectivity index (χ0) is 5.86. The average molecular weight is 95.1 g/mol. The van der Waals surface area contributed by atoms with Crippen LogP contribution in [0.3, 0.4) is 0 Å². The maximum absolute atomic E-state index is 3.59. The van der Waals surface area contributed by atoms with Gasteiger partial charge in [0, 0.05) is 0 Å². The molecule has 1 heteroatoms. The van der Waals surface area contributed by atoms with Crippen molar-refractivity contribution in [3.05, 3.63) is 24.4 Å². The molecule has 0 atom stereocenters. The lowest BCUT2D eigenvalue weighted by molar-refractivity contribution is 1.33. The minimum atomic E-state index is 0.667. The van der Waals surface area contributed by atoms with Crippen molar-refractivity contribution in [2.45, 2.75) is 6.92 Å². The molecule has 0 saturated heterocycles. The van der Waals surface area contributed by atoms with Gasteiger partial charge in [0.1, 0.15) is 0 Å². The summed E-state index contributed by atoms with van der Waals surface area (Å²) in [6.07, 6.45) is 0. The van der Waals surface area contributed by atoms with Crippen molar-refractivity contribution in [2.75, 3.05) is 0 Å². The van der Waals surface area contributed by atoms with Crippen molar-refractivity contribution in [3.63, 3.8) is 0 Å². The molecule has 0 aliphatic heterocycles. The third-order valence-corrected chi connectivity index (χ3v) is 0.683. The summed E-state index contributed by atoms with van der Waals surface area (Å²) < 4.78 is 0. The Balaban J connectivity index is 3.81. The van der Waals surface area contributed by atoms with Crippen LogP contribution < -0.4 is 0 Å². The first kappa shape index (κ1) is 6.15. The van der Waals surface area contributed by atoms with E-state index in [4.69, 9.17) is 0 Å². The fourth-order valence-corrected chi connectivity index (χ4v) is 0.135. The van der Waals surface area contributed by atoms with Crippen LogP contribution in [0, 0.1) is 0 Å². The number of hydrogen-bond donors (Lipinski definition) is 0. The van der Waals surface area contributed by atoms with E-state index in [1.54, 1.807) is 0 Å². The molecule has 0 spiro atoms. The highest BCUT2D eigenvalue weighted by Crippen LogP contribution is 2.01. The predicted molar refractivity (Wildman–Crippen MR) is 33.5 cm³/mol. The van der Waals surface area contributed by atoms with Gasteiger partial charge in [0.2, 0.25) is 0 Å². The number of allylic oxidation sites excluding steroid dienone is 1. The molecule has 0 rings (SSSR count). The van der Waals surface area contributed by atoms with E-state index in [2.05, 4.69) is 24.9 Å². The van der Waals surface area contributed by atoms with Crippen LogP contribution >= 0.6 is 0 Å². The van der Waals surface area contributed by atoms with E-state index in [1.165, 1.54) is 0 Å². The van der Waals surface area contributed by atoms with E-state index in [0.717, 1.165) is 5.57 Å². The molecular formula is C6H9N. The number of rotatable bonds is 2. The van der Waals surface area contributed by atoms with E-state index in [-0.39, 0.29) is 0 Å². The summed E-state index contributed by atoms with van der Waals surface area (Å²) in [5.41, 5.74) is 1.54. The lowest BCUT2D eigenvalue weighted by Crippen LogP contribution is -1.71. The fraction of sp³-hybridized carbons (Fsp3) is 0.167. The highest BCUT2D eigenvalue weighted by molar-refractivity contribution is 5.34. The largest absolute Gasteiger partial charge is 0.265 e. The highest BCUT2D eigenvalue weighted by atomic mass is 14.7. The molecule has 0 aliphatic rings. The summed E-state index contributed by atoms with van der Waals surface area (Å²) in [5.74, 6) is 0.